The molecular weight excluding hydrogens is 176 g/mol. The molecule has 1 N–H and O–H groups in total. The van der Waals surface area contributed by atoms with E-state index in [1.54, 1.807) is 6.08 Å². The van der Waals surface area contributed by atoms with E-state index in [9.17, 15) is 4.79 Å². The number of carbonyl (C=O) groups excluding carboxylic acids is 1. The minimum atomic E-state index is -0.123. The summed E-state index contributed by atoms with van der Waals surface area (Å²) in [6.07, 6.45) is 4.51. The van der Waals surface area contributed by atoms with Crippen molar-refractivity contribution in [2.45, 2.75) is 32.7 Å². The number of hydrogen-bond acceptors (Lipinski definition) is 2. The molecule has 3 nitrogen and oxygen atoms in total. The number of hydrogen-bond donors (Lipinski definition) is 1. The van der Waals surface area contributed by atoms with Gasteiger partial charge < -0.3 is 5.32 Å². The Morgan fingerprint density at radius 2 is 2.36 bits per heavy atom. The van der Waals surface area contributed by atoms with Crippen molar-refractivity contribution in [3.8, 4) is 6.07 Å². The SMILES string of the molecule is C=CC(C#N)=CC(C)NC(=O)CCC. The number of allylic oxidation sites excluding steroid dienone is 2. The van der Waals surface area contributed by atoms with Gasteiger partial charge in [0.1, 0.15) is 0 Å². The molecule has 0 aliphatic heterocycles. The largest absolute Gasteiger partial charge is 0.350 e. The summed E-state index contributed by atoms with van der Waals surface area (Å²) in [7, 11) is 0. The molecule has 1 amide bonds. The van der Waals surface area contributed by atoms with E-state index in [4.69, 9.17) is 5.26 Å². The molecule has 0 bridgehead atoms. The third-order valence-corrected chi connectivity index (χ3v) is 1.64. The lowest BCUT2D eigenvalue weighted by Crippen LogP contribution is -2.30. The van der Waals surface area contributed by atoms with Gasteiger partial charge in [0, 0.05) is 18.0 Å². The molecule has 0 aliphatic carbocycles. The normalized spacial score (nSPS) is 12.8. The summed E-state index contributed by atoms with van der Waals surface area (Å²) in [4.78, 5) is 11.2. The first kappa shape index (κ1) is 12.4. The van der Waals surface area contributed by atoms with Crippen LogP contribution in [0, 0.1) is 11.3 Å². The van der Waals surface area contributed by atoms with Crippen LogP contribution in [0.4, 0.5) is 0 Å². The van der Waals surface area contributed by atoms with Gasteiger partial charge in [-0.1, -0.05) is 19.6 Å². The van der Waals surface area contributed by atoms with Crippen LogP contribution in [0.3, 0.4) is 0 Å². The van der Waals surface area contributed by atoms with E-state index < -0.39 is 0 Å². The lowest BCUT2D eigenvalue weighted by Gasteiger charge is -2.08. The van der Waals surface area contributed by atoms with Gasteiger partial charge >= 0.3 is 0 Å². The predicted octanol–water partition coefficient (Wildman–Crippen LogP) is 1.93. The van der Waals surface area contributed by atoms with Crippen molar-refractivity contribution in [3.05, 3.63) is 24.3 Å². The Labute approximate surface area is 85.1 Å². The Kier molecular flexibility index (Phi) is 6.13. The van der Waals surface area contributed by atoms with Crippen LogP contribution in [-0.2, 0) is 4.79 Å². The highest BCUT2D eigenvalue weighted by Crippen LogP contribution is 1.97. The highest BCUT2D eigenvalue weighted by Gasteiger charge is 2.03. The van der Waals surface area contributed by atoms with Crippen LogP contribution in [0.2, 0.25) is 0 Å². The Morgan fingerprint density at radius 3 is 2.79 bits per heavy atom. The Hall–Kier alpha value is -1.56. The quantitative estimate of drug-likeness (QED) is 0.534. The molecule has 14 heavy (non-hydrogen) atoms. The van der Waals surface area contributed by atoms with Gasteiger partial charge in [-0.25, -0.2) is 0 Å². The minimum Gasteiger partial charge on any atom is -0.350 e. The van der Waals surface area contributed by atoms with Gasteiger partial charge in [0.05, 0.1) is 6.07 Å². The maximum absolute atomic E-state index is 11.2. The molecule has 0 aromatic carbocycles. The maximum atomic E-state index is 11.2. The summed E-state index contributed by atoms with van der Waals surface area (Å²) >= 11 is 0. The summed E-state index contributed by atoms with van der Waals surface area (Å²) in [5, 5.41) is 11.4. The Balaban J connectivity index is 4.16. The zero-order valence-corrected chi connectivity index (χ0v) is 8.71. The smallest absolute Gasteiger partial charge is 0.220 e. The zero-order chi connectivity index (χ0) is 11.0. The number of nitrogens with one attached hydrogen (secondary N) is 1. The van der Waals surface area contributed by atoms with E-state index >= 15 is 0 Å². The summed E-state index contributed by atoms with van der Waals surface area (Å²) in [6, 6.07) is 1.86. The minimum absolute atomic E-state index is 0.0117. The summed E-state index contributed by atoms with van der Waals surface area (Å²) in [5.41, 5.74) is 0.481. The van der Waals surface area contributed by atoms with E-state index in [2.05, 4.69) is 11.9 Å². The summed E-state index contributed by atoms with van der Waals surface area (Å²) in [6.45, 7) is 7.27. The molecule has 1 atom stereocenters. The molecule has 0 radical (unpaired) electrons. The van der Waals surface area contributed by atoms with Crippen molar-refractivity contribution in [2.75, 3.05) is 0 Å². The third kappa shape index (κ3) is 5.15. The number of nitriles is 1. The van der Waals surface area contributed by atoms with Gasteiger partial charge in [-0.05, 0) is 19.4 Å². The van der Waals surface area contributed by atoms with Gasteiger partial charge in [0.2, 0.25) is 5.91 Å². The van der Waals surface area contributed by atoms with Crippen LogP contribution < -0.4 is 5.32 Å². The second-order valence-corrected chi connectivity index (χ2v) is 3.04. The zero-order valence-electron chi connectivity index (χ0n) is 8.71. The summed E-state index contributed by atoms with van der Waals surface area (Å²) < 4.78 is 0. The molecule has 3 heteroatoms. The van der Waals surface area contributed by atoms with Crippen LogP contribution in [-0.4, -0.2) is 11.9 Å². The van der Waals surface area contributed by atoms with E-state index in [0.717, 1.165) is 6.42 Å². The van der Waals surface area contributed by atoms with Crippen molar-refractivity contribution in [2.24, 2.45) is 0 Å². The monoisotopic (exact) mass is 192 g/mol. The molecule has 0 saturated heterocycles. The van der Waals surface area contributed by atoms with Crippen LogP contribution in [0.15, 0.2) is 24.3 Å². The second kappa shape index (κ2) is 6.90. The fraction of sp³-hybridized carbons (Fsp3) is 0.455. The highest BCUT2D eigenvalue weighted by atomic mass is 16.1. The molecule has 0 heterocycles. The average molecular weight is 192 g/mol. The molecule has 0 aliphatic rings. The first-order chi connectivity index (χ1) is 6.63. The molecular formula is C11H16N2O. The average Bonchev–Trinajstić information content (AvgIpc) is 2.14. The van der Waals surface area contributed by atoms with E-state index in [1.807, 2.05) is 19.9 Å². The van der Waals surface area contributed by atoms with E-state index in [0.29, 0.717) is 12.0 Å². The fourth-order valence-corrected chi connectivity index (χ4v) is 1.02. The highest BCUT2D eigenvalue weighted by molar-refractivity contribution is 5.76. The number of nitrogens with zero attached hydrogens (tertiary/aromatic N) is 1. The molecule has 76 valence electrons. The number of carbonyl (C=O) groups is 1. The van der Waals surface area contributed by atoms with Gasteiger partial charge in [-0.3, -0.25) is 4.79 Å². The lowest BCUT2D eigenvalue weighted by atomic mass is 10.2. The van der Waals surface area contributed by atoms with Gasteiger partial charge in [-0.2, -0.15) is 5.26 Å². The van der Waals surface area contributed by atoms with E-state index in [1.165, 1.54) is 6.08 Å². The Bertz CT molecular complexity index is 274. The molecule has 0 fully saturated rings. The van der Waals surface area contributed by atoms with Gasteiger partial charge in [-0.15, -0.1) is 0 Å². The Morgan fingerprint density at radius 1 is 1.71 bits per heavy atom. The lowest BCUT2D eigenvalue weighted by molar-refractivity contribution is -0.121. The van der Waals surface area contributed by atoms with Gasteiger partial charge in [0.25, 0.3) is 0 Å². The topological polar surface area (TPSA) is 52.9 Å². The number of amides is 1. The molecule has 1 unspecified atom stereocenters. The molecule has 0 aromatic rings. The van der Waals surface area contributed by atoms with Crippen molar-refractivity contribution in [3.63, 3.8) is 0 Å². The van der Waals surface area contributed by atoms with Crippen molar-refractivity contribution in [1.29, 1.82) is 5.26 Å². The second-order valence-electron chi connectivity index (χ2n) is 3.04. The van der Waals surface area contributed by atoms with Crippen LogP contribution in [0.5, 0.6) is 0 Å². The predicted molar refractivity (Wildman–Crippen MR) is 56.4 cm³/mol. The first-order valence-electron chi connectivity index (χ1n) is 4.67. The summed E-state index contributed by atoms with van der Waals surface area (Å²) in [5.74, 6) is 0.0117. The fourth-order valence-electron chi connectivity index (χ4n) is 1.02. The standard InChI is InChI=1S/C11H16N2O/c1-4-6-11(14)13-9(3)7-10(5-2)8-12/h5,7,9H,2,4,6H2,1,3H3,(H,13,14). The molecule has 0 spiro atoms. The first-order valence-corrected chi connectivity index (χ1v) is 4.67. The molecule has 0 rings (SSSR count). The van der Waals surface area contributed by atoms with Crippen LogP contribution in [0.1, 0.15) is 26.7 Å². The third-order valence-electron chi connectivity index (χ3n) is 1.64. The van der Waals surface area contributed by atoms with Crippen LogP contribution >= 0.6 is 0 Å². The molecule has 0 aromatic heterocycles. The molecule has 0 saturated carbocycles. The van der Waals surface area contributed by atoms with Crippen molar-refractivity contribution < 1.29 is 4.79 Å². The van der Waals surface area contributed by atoms with Crippen molar-refractivity contribution in [1.82, 2.24) is 5.32 Å². The van der Waals surface area contributed by atoms with Crippen molar-refractivity contribution >= 4 is 5.91 Å². The van der Waals surface area contributed by atoms with Gasteiger partial charge in [0.15, 0.2) is 0 Å². The van der Waals surface area contributed by atoms with E-state index in [-0.39, 0.29) is 11.9 Å². The van der Waals surface area contributed by atoms with Crippen LogP contribution in [0.25, 0.3) is 0 Å². The number of rotatable bonds is 5. The maximum Gasteiger partial charge on any atom is 0.220 e.